The number of carbonyl (C=O) groups excluding carboxylic acids is 2. The van der Waals surface area contributed by atoms with E-state index in [4.69, 9.17) is 0 Å². The first-order valence-electron chi connectivity index (χ1n) is 10.2. The average Bonchev–Trinajstić information content (AvgIpc) is 2.72. The van der Waals surface area contributed by atoms with Crippen molar-refractivity contribution in [3.63, 3.8) is 0 Å². The predicted octanol–water partition coefficient (Wildman–Crippen LogP) is 1.40. The fourth-order valence-electron chi connectivity index (χ4n) is 3.11. The number of carbonyl (C=O) groups is 2. The normalized spacial score (nSPS) is 12.4. The molecule has 31 heavy (non-hydrogen) atoms. The van der Waals surface area contributed by atoms with E-state index in [9.17, 15) is 24.4 Å². The predicted molar refractivity (Wildman–Crippen MR) is 116 cm³/mol. The van der Waals surface area contributed by atoms with Gasteiger partial charge in [0.05, 0.1) is 23.2 Å². The number of fused-ring (bicyclic) bond motifs is 1. The lowest BCUT2D eigenvalue weighted by molar-refractivity contribution is -0.154. The van der Waals surface area contributed by atoms with Crippen LogP contribution in [-0.4, -0.2) is 44.3 Å². The van der Waals surface area contributed by atoms with Crippen molar-refractivity contribution in [1.82, 2.24) is 25.7 Å². The largest absolute Gasteiger partial charge is 0.286 e. The fraction of sp³-hybridized carbons (Fsp3) is 0.550. The van der Waals surface area contributed by atoms with E-state index in [1.165, 1.54) is 0 Å². The molecule has 0 aliphatic carbocycles. The summed E-state index contributed by atoms with van der Waals surface area (Å²) in [5.41, 5.74) is 4.23. The molecule has 170 valence electrons. The Morgan fingerprint density at radius 2 is 1.94 bits per heavy atom. The number of unbranched alkanes of at least 4 members (excludes halogenated alkanes) is 2. The quantitative estimate of drug-likeness (QED) is 0.163. The summed E-state index contributed by atoms with van der Waals surface area (Å²) in [5.74, 6) is -1.12. The molecule has 0 saturated heterocycles. The van der Waals surface area contributed by atoms with Crippen LogP contribution in [0.2, 0.25) is 0 Å². The van der Waals surface area contributed by atoms with Crippen molar-refractivity contribution in [3.8, 4) is 0 Å². The van der Waals surface area contributed by atoms with Crippen molar-refractivity contribution in [3.05, 3.63) is 32.5 Å². The highest BCUT2D eigenvalue weighted by atomic mass is 16.5. The van der Waals surface area contributed by atoms with Gasteiger partial charge in [0.15, 0.2) is 5.82 Å². The lowest BCUT2D eigenvalue weighted by Crippen LogP contribution is -2.40. The smallest absolute Gasteiger partial charge is 0.274 e. The van der Waals surface area contributed by atoms with Crippen LogP contribution in [0.1, 0.15) is 59.1 Å². The molecule has 0 unspecified atom stereocenters. The number of amides is 2. The van der Waals surface area contributed by atoms with Gasteiger partial charge < -0.3 is 0 Å². The standard InChI is InChI=1S/C20H30N6O5/c1-5-6-7-8-12(10-26(31)11-27)17(28)23-22-16-15-13(18(29)24-25-19(15)30)9-14(21-16)20(2,3)4/h9,11-12,31H,5-8,10H2,1-4H3,(H,21,22)(H,23,28)(H,24,29)(H,25,30)/t12-/m1/s1. The molecule has 5 N–H and O–H groups in total. The molecule has 1 atom stereocenters. The molecular weight excluding hydrogens is 404 g/mol. The summed E-state index contributed by atoms with van der Waals surface area (Å²) in [7, 11) is 0. The molecule has 0 radical (unpaired) electrons. The lowest BCUT2D eigenvalue weighted by Gasteiger charge is -2.22. The number of hydroxylamine groups is 2. The van der Waals surface area contributed by atoms with E-state index in [2.05, 4.69) is 26.0 Å². The Morgan fingerprint density at radius 3 is 2.55 bits per heavy atom. The number of nitrogens with zero attached hydrogens (tertiary/aromatic N) is 2. The van der Waals surface area contributed by atoms with Gasteiger partial charge in [-0.3, -0.25) is 45.4 Å². The second-order valence-corrected chi connectivity index (χ2v) is 8.47. The second-order valence-electron chi connectivity index (χ2n) is 8.47. The summed E-state index contributed by atoms with van der Waals surface area (Å²) >= 11 is 0. The van der Waals surface area contributed by atoms with Gasteiger partial charge in [-0.2, -0.15) is 0 Å². The summed E-state index contributed by atoms with van der Waals surface area (Å²) in [4.78, 5) is 52.6. The van der Waals surface area contributed by atoms with Gasteiger partial charge in [0.2, 0.25) is 12.3 Å². The van der Waals surface area contributed by atoms with E-state index in [0.717, 1.165) is 19.3 Å². The van der Waals surface area contributed by atoms with Crippen LogP contribution in [0.25, 0.3) is 10.8 Å². The Hall–Kier alpha value is -3.21. The minimum Gasteiger partial charge on any atom is -0.286 e. The van der Waals surface area contributed by atoms with E-state index in [-0.39, 0.29) is 29.5 Å². The summed E-state index contributed by atoms with van der Waals surface area (Å²) in [5, 5.41) is 14.6. The van der Waals surface area contributed by atoms with Gasteiger partial charge in [-0.1, -0.05) is 47.0 Å². The van der Waals surface area contributed by atoms with Gasteiger partial charge >= 0.3 is 0 Å². The molecule has 2 rings (SSSR count). The van der Waals surface area contributed by atoms with Crippen LogP contribution in [0.3, 0.4) is 0 Å². The highest BCUT2D eigenvalue weighted by Crippen LogP contribution is 2.25. The number of hydrazine groups is 1. The fourth-order valence-corrected chi connectivity index (χ4v) is 3.11. The molecule has 2 heterocycles. The molecule has 0 spiro atoms. The number of nitrogens with one attached hydrogen (secondary N) is 4. The summed E-state index contributed by atoms with van der Waals surface area (Å²) in [6, 6.07) is 1.55. The Kier molecular flexibility index (Phi) is 7.92. The van der Waals surface area contributed by atoms with Gasteiger partial charge in [0.1, 0.15) is 0 Å². The van der Waals surface area contributed by atoms with Crippen molar-refractivity contribution < 1.29 is 14.8 Å². The minimum atomic E-state index is -0.673. The van der Waals surface area contributed by atoms with Gasteiger partial charge in [0, 0.05) is 11.1 Å². The molecule has 11 nitrogen and oxygen atoms in total. The molecule has 2 amide bonds. The van der Waals surface area contributed by atoms with Crippen LogP contribution < -0.4 is 22.0 Å². The molecule has 0 aliphatic rings. The Morgan fingerprint density at radius 1 is 1.26 bits per heavy atom. The number of aromatic amines is 2. The average molecular weight is 434 g/mol. The third-order valence-corrected chi connectivity index (χ3v) is 4.91. The van der Waals surface area contributed by atoms with E-state index in [1.54, 1.807) is 6.07 Å². The van der Waals surface area contributed by atoms with Crippen molar-refractivity contribution in [1.29, 1.82) is 0 Å². The maximum Gasteiger partial charge on any atom is 0.274 e. The van der Waals surface area contributed by atoms with Gasteiger partial charge in [0.25, 0.3) is 11.1 Å². The number of anilines is 1. The highest BCUT2D eigenvalue weighted by Gasteiger charge is 2.23. The van der Waals surface area contributed by atoms with Gasteiger partial charge in [-0.15, -0.1) is 0 Å². The van der Waals surface area contributed by atoms with E-state index in [1.807, 2.05) is 27.7 Å². The van der Waals surface area contributed by atoms with Gasteiger partial charge in [-0.05, 0) is 12.5 Å². The Balaban J connectivity index is 2.35. The van der Waals surface area contributed by atoms with E-state index in [0.29, 0.717) is 17.2 Å². The molecule has 11 heteroatoms. The summed E-state index contributed by atoms with van der Waals surface area (Å²) in [6.07, 6.45) is 3.30. The molecule has 0 fully saturated rings. The monoisotopic (exact) mass is 434 g/mol. The summed E-state index contributed by atoms with van der Waals surface area (Å²) < 4.78 is 0. The maximum atomic E-state index is 12.7. The zero-order valence-electron chi connectivity index (χ0n) is 18.2. The number of hydrogen-bond donors (Lipinski definition) is 5. The highest BCUT2D eigenvalue weighted by molar-refractivity contribution is 5.91. The lowest BCUT2D eigenvalue weighted by atomic mass is 9.91. The number of aromatic nitrogens is 3. The third kappa shape index (κ3) is 6.14. The van der Waals surface area contributed by atoms with Gasteiger partial charge in [-0.25, -0.2) is 10.0 Å². The van der Waals surface area contributed by atoms with Crippen molar-refractivity contribution in [2.75, 3.05) is 12.0 Å². The van der Waals surface area contributed by atoms with Crippen molar-refractivity contribution >= 4 is 28.9 Å². The second kappa shape index (κ2) is 10.2. The maximum absolute atomic E-state index is 12.7. The van der Waals surface area contributed by atoms with Crippen LogP contribution in [-0.2, 0) is 15.0 Å². The third-order valence-electron chi connectivity index (χ3n) is 4.91. The first kappa shape index (κ1) is 24.1. The molecule has 2 aromatic rings. The van der Waals surface area contributed by atoms with Crippen LogP contribution in [0.4, 0.5) is 5.82 Å². The molecule has 2 aromatic heterocycles. The number of H-pyrrole nitrogens is 2. The van der Waals surface area contributed by atoms with Crippen molar-refractivity contribution in [2.45, 2.75) is 58.8 Å². The zero-order chi connectivity index (χ0) is 23.2. The topological polar surface area (TPSA) is 160 Å². The molecule has 0 aliphatic heterocycles. The van der Waals surface area contributed by atoms with Crippen LogP contribution in [0.15, 0.2) is 15.7 Å². The molecule has 0 aromatic carbocycles. The van der Waals surface area contributed by atoms with Crippen molar-refractivity contribution in [2.24, 2.45) is 5.92 Å². The Labute approximate surface area is 179 Å². The first-order valence-corrected chi connectivity index (χ1v) is 10.2. The molecule has 0 saturated carbocycles. The van der Waals surface area contributed by atoms with Crippen LogP contribution in [0, 0.1) is 5.92 Å². The van der Waals surface area contributed by atoms with E-state index >= 15 is 0 Å². The molecule has 0 bridgehead atoms. The van der Waals surface area contributed by atoms with E-state index < -0.39 is 28.4 Å². The summed E-state index contributed by atoms with van der Waals surface area (Å²) in [6.45, 7) is 7.58. The number of rotatable bonds is 10. The van der Waals surface area contributed by atoms with Crippen LogP contribution in [0.5, 0.6) is 0 Å². The Bertz CT molecular complexity index is 1040. The van der Waals surface area contributed by atoms with Crippen LogP contribution >= 0.6 is 0 Å². The number of hydrogen-bond acceptors (Lipinski definition) is 7. The zero-order valence-corrected chi connectivity index (χ0v) is 18.2. The molecular formula is C20H30N6O5. The number of pyridine rings is 1. The first-order chi connectivity index (χ1) is 14.6. The SMILES string of the molecule is CCCCC[C@H](CN(O)C=O)C(=O)NNc1nc(C(C)(C)C)cc2c(=O)[nH][nH]c(=O)c12. The minimum absolute atomic E-state index is 0.0104.